The molecule has 0 aliphatic heterocycles. The first-order valence-electron chi connectivity index (χ1n) is 12.8. The van der Waals surface area contributed by atoms with E-state index in [9.17, 15) is 9.59 Å². The van der Waals surface area contributed by atoms with Crippen molar-refractivity contribution in [1.29, 1.82) is 0 Å². The Labute approximate surface area is 182 Å². The minimum absolute atomic E-state index is 0.222. The van der Waals surface area contributed by atoms with E-state index >= 15 is 0 Å². The lowest BCUT2D eigenvalue weighted by atomic mass is 9.62. The van der Waals surface area contributed by atoms with Crippen LogP contribution >= 0.6 is 0 Å². The summed E-state index contributed by atoms with van der Waals surface area (Å²) >= 11 is 0. The number of fused-ring (bicyclic) bond motifs is 1. The highest BCUT2D eigenvalue weighted by molar-refractivity contribution is 5.83. The third-order valence-corrected chi connectivity index (χ3v) is 8.26. The largest absolute Gasteiger partial charge is 0.300 e. The van der Waals surface area contributed by atoms with Crippen LogP contribution in [0.25, 0.3) is 0 Å². The Hall–Kier alpha value is -0.660. The van der Waals surface area contributed by atoms with E-state index in [0.29, 0.717) is 23.4 Å². The summed E-state index contributed by atoms with van der Waals surface area (Å²) < 4.78 is 0. The fraction of sp³-hybridized carbons (Fsp3) is 0.926. The predicted octanol–water partition coefficient (Wildman–Crippen LogP) is 8.03. The Bertz CT molecular complexity index is 493. The Kier molecular flexibility index (Phi) is 11.7. The van der Waals surface area contributed by atoms with E-state index < -0.39 is 0 Å². The van der Waals surface area contributed by atoms with Crippen molar-refractivity contribution in [2.75, 3.05) is 0 Å². The molecule has 3 saturated carbocycles. The molecule has 0 N–H and O–H groups in total. The molecule has 3 rings (SSSR count). The van der Waals surface area contributed by atoms with Gasteiger partial charge in [-0.15, -0.1) is 0 Å². The average molecular weight is 407 g/mol. The molecule has 4 unspecified atom stereocenters. The summed E-state index contributed by atoms with van der Waals surface area (Å²) in [4.78, 5) is 23.5. The highest BCUT2D eigenvalue weighted by Crippen LogP contribution is 2.57. The molecule has 5 atom stereocenters. The van der Waals surface area contributed by atoms with Gasteiger partial charge in [-0.1, -0.05) is 80.1 Å². The third-order valence-electron chi connectivity index (χ3n) is 8.26. The number of hydrogen-bond acceptors (Lipinski definition) is 2. The lowest BCUT2D eigenvalue weighted by molar-refractivity contribution is -0.130. The molecule has 0 saturated heterocycles. The van der Waals surface area contributed by atoms with Crippen molar-refractivity contribution < 1.29 is 9.59 Å². The minimum atomic E-state index is 0.222. The van der Waals surface area contributed by atoms with Gasteiger partial charge in [-0.2, -0.15) is 0 Å². The van der Waals surface area contributed by atoms with Crippen LogP contribution in [0.3, 0.4) is 0 Å². The van der Waals surface area contributed by atoms with Gasteiger partial charge in [0.05, 0.1) is 0 Å². The summed E-state index contributed by atoms with van der Waals surface area (Å²) in [5.41, 5.74) is 0.279. The number of carbonyl (C=O) groups excluding carboxylic acids is 2. The average Bonchev–Trinajstić information content (AvgIpc) is 3.03. The number of unbranched alkanes of at least 4 members (excludes halogenated alkanes) is 1. The number of ketones is 2. The van der Waals surface area contributed by atoms with E-state index in [1.807, 2.05) is 20.8 Å². The zero-order valence-electron chi connectivity index (χ0n) is 20.7. The summed E-state index contributed by atoms with van der Waals surface area (Å²) in [5, 5.41) is 0. The highest BCUT2D eigenvalue weighted by Gasteiger charge is 2.52. The van der Waals surface area contributed by atoms with Crippen LogP contribution in [0.2, 0.25) is 0 Å². The first kappa shape index (κ1) is 26.4. The molecule has 2 nitrogen and oxygen atoms in total. The van der Waals surface area contributed by atoms with E-state index in [2.05, 4.69) is 20.8 Å². The van der Waals surface area contributed by atoms with Crippen molar-refractivity contribution in [3.05, 3.63) is 0 Å². The van der Waals surface area contributed by atoms with Crippen molar-refractivity contribution >= 4 is 11.6 Å². The van der Waals surface area contributed by atoms with Crippen molar-refractivity contribution in [1.82, 2.24) is 0 Å². The molecular weight excluding hydrogens is 356 g/mol. The van der Waals surface area contributed by atoms with Gasteiger partial charge in [-0.25, -0.2) is 0 Å². The van der Waals surface area contributed by atoms with Gasteiger partial charge in [0, 0.05) is 18.3 Å². The standard InChI is InChI=1S/C20H34O2.C5H10.C2H6/c1-14(16(3)21)8-5-6-9-15(2)17-11-12-18-19(22)10-7-13-20(17,18)4;1-5-3-2-4-5;1-2/h14-15,17-18H,5-13H2,1-4H3;5H,2-4H2,1H3;1-2H3/t14?,15-,17?,18?,20?;;/m1../s1. The molecule has 0 spiro atoms. The monoisotopic (exact) mass is 406 g/mol. The topological polar surface area (TPSA) is 34.1 Å². The fourth-order valence-electron chi connectivity index (χ4n) is 5.84. The minimum Gasteiger partial charge on any atom is -0.300 e. The van der Waals surface area contributed by atoms with Crippen LogP contribution < -0.4 is 0 Å². The van der Waals surface area contributed by atoms with Crippen LogP contribution in [0.1, 0.15) is 126 Å². The molecule has 0 aromatic rings. The molecule has 0 heterocycles. The summed E-state index contributed by atoms with van der Waals surface area (Å²) in [5.74, 6) is 3.94. The Morgan fingerprint density at radius 3 is 2.14 bits per heavy atom. The van der Waals surface area contributed by atoms with Gasteiger partial charge in [0.1, 0.15) is 11.6 Å². The first-order valence-corrected chi connectivity index (χ1v) is 12.8. The maximum atomic E-state index is 12.2. The van der Waals surface area contributed by atoms with Gasteiger partial charge in [0.15, 0.2) is 0 Å². The summed E-state index contributed by atoms with van der Waals surface area (Å²) in [6, 6.07) is 0. The van der Waals surface area contributed by atoms with Crippen molar-refractivity contribution in [2.24, 2.45) is 35.0 Å². The first-order chi connectivity index (χ1) is 13.8. The molecule has 3 aliphatic carbocycles. The van der Waals surface area contributed by atoms with E-state index in [1.165, 1.54) is 44.9 Å². The molecule has 3 fully saturated rings. The van der Waals surface area contributed by atoms with E-state index in [1.54, 1.807) is 6.92 Å². The van der Waals surface area contributed by atoms with Crippen LogP contribution in [0.15, 0.2) is 0 Å². The van der Waals surface area contributed by atoms with Gasteiger partial charge in [0.25, 0.3) is 0 Å². The molecule has 29 heavy (non-hydrogen) atoms. The van der Waals surface area contributed by atoms with E-state index in [4.69, 9.17) is 0 Å². The van der Waals surface area contributed by atoms with Crippen LogP contribution in [0, 0.1) is 35.0 Å². The fourth-order valence-corrected chi connectivity index (χ4v) is 5.84. The second kappa shape index (κ2) is 12.9. The zero-order valence-corrected chi connectivity index (χ0v) is 20.7. The maximum absolute atomic E-state index is 12.2. The molecule has 0 amide bonds. The molecule has 0 bridgehead atoms. The van der Waals surface area contributed by atoms with Crippen LogP contribution in [-0.4, -0.2) is 11.6 Å². The quantitative estimate of drug-likeness (QED) is 0.401. The van der Waals surface area contributed by atoms with Gasteiger partial charge in [-0.05, 0) is 62.2 Å². The molecular formula is C27H50O2. The lowest BCUT2D eigenvalue weighted by Gasteiger charge is -2.42. The van der Waals surface area contributed by atoms with E-state index in [0.717, 1.165) is 43.9 Å². The number of rotatable bonds is 7. The highest BCUT2D eigenvalue weighted by atomic mass is 16.1. The smallest absolute Gasteiger partial charge is 0.136 e. The van der Waals surface area contributed by atoms with Gasteiger partial charge in [0.2, 0.25) is 0 Å². The molecule has 0 aromatic carbocycles. The second-order valence-corrected chi connectivity index (χ2v) is 10.4. The van der Waals surface area contributed by atoms with Crippen LogP contribution in [0.4, 0.5) is 0 Å². The maximum Gasteiger partial charge on any atom is 0.136 e. The Morgan fingerprint density at radius 2 is 1.62 bits per heavy atom. The molecule has 0 radical (unpaired) electrons. The third kappa shape index (κ3) is 7.51. The predicted molar refractivity (Wildman–Crippen MR) is 125 cm³/mol. The zero-order chi connectivity index (χ0) is 22.0. The molecule has 170 valence electrons. The lowest BCUT2D eigenvalue weighted by Crippen LogP contribution is -2.39. The molecule has 0 aromatic heterocycles. The number of carbonyl (C=O) groups is 2. The van der Waals surface area contributed by atoms with Crippen LogP contribution in [-0.2, 0) is 9.59 Å². The second-order valence-electron chi connectivity index (χ2n) is 10.4. The normalized spacial score (nSPS) is 30.7. The van der Waals surface area contributed by atoms with Crippen LogP contribution in [0.5, 0.6) is 0 Å². The molecule has 3 aliphatic rings. The number of Topliss-reactive ketones (excluding diaryl/α,β-unsaturated/α-hetero) is 2. The summed E-state index contributed by atoms with van der Waals surface area (Å²) in [7, 11) is 0. The molecule has 2 heteroatoms. The Balaban J connectivity index is 0.000000512. The number of hydrogen-bond donors (Lipinski definition) is 0. The van der Waals surface area contributed by atoms with Gasteiger partial charge < -0.3 is 0 Å². The van der Waals surface area contributed by atoms with Gasteiger partial charge >= 0.3 is 0 Å². The SMILES string of the molecule is CC.CC(=O)C(C)CCCC[C@@H](C)C1CCC2C(=O)CCCC21C.CC1CCC1. The van der Waals surface area contributed by atoms with Crippen molar-refractivity contribution in [2.45, 2.75) is 126 Å². The summed E-state index contributed by atoms with van der Waals surface area (Å²) in [6.07, 6.45) is 14.7. The van der Waals surface area contributed by atoms with Crippen molar-refractivity contribution in [3.8, 4) is 0 Å². The van der Waals surface area contributed by atoms with E-state index in [-0.39, 0.29) is 11.3 Å². The van der Waals surface area contributed by atoms with Crippen molar-refractivity contribution in [3.63, 3.8) is 0 Å². The summed E-state index contributed by atoms with van der Waals surface area (Å²) in [6.45, 7) is 14.8. The Morgan fingerprint density at radius 1 is 1.03 bits per heavy atom. The van der Waals surface area contributed by atoms with Gasteiger partial charge in [-0.3, -0.25) is 9.59 Å².